The van der Waals surface area contributed by atoms with E-state index in [1.54, 1.807) is 0 Å². The topological polar surface area (TPSA) is 12.0 Å². The summed E-state index contributed by atoms with van der Waals surface area (Å²) in [5.41, 5.74) is 0.563. The summed E-state index contributed by atoms with van der Waals surface area (Å²) in [5, 5.41) is 3.26. The lowest BCUT2D eigenvalue weighted by Gasteiger charge is -2.13. The maximum atomic E-state index is 13.3. The average molecular weight is 213 g/mol. The first kappa shape index (κ1) is 12.1. The van der Waals surface area contributed by atoms with E-state index in [0.717, 1.165) is 19.0 Å². The summed E-state index contributed by atoms with van der Waals surface area (Å²) in [6.07, 6.45) is 1.64. The van der Waals surface area contributed by atoms with E-state index in [4.69, 9.17) is 0 Å². The Labute approximate surface area is 89.5 Å². The molecule has 0 spiro atoms. The van der Waals surface area contributed by atoms with E-state index in [1.807, 2.05) is 6.92 Å². The molecule has 0 aromatic heterocycles. The Bertz CT molecular complexity index is 312. The third kappa shape index (κ3) is 3.96. The highest BCUT2D eigenvalue weighted by atomic mass is 19.1. The minimum atomic E-state index is -0.523. The first-order valence-electron chi connectivity index (χ1n) is 5.30. The van der Waals surface area contributed by atoms with Gasteiger partial charge in [0.2, 0.25) is 0 Å². The number of hydrogen-bond donors (Lipinski definition) is 1. The summed E-state index contributed by atoms with van der Waals surface area (Å²) in [7, 11) is 0. The van der Waals surface area contributed by atoms with Crippen molar-refractivity contribution in [3.63, 3.8) is 0 Å². The quantitative estimate of drug-likeness (QED) is 0.793. The van der Waals surface area contributed by atoms with Gasteiger partial charge in [0, 0.05) is 12.1 Å². The van der Waals surface area contributed by atoms with Gasteiger partial charge < -0.3 is 5.32 Å². The van der Waals surface area contributed by atoms with Crippen LogP contribution in [0.4, 0.5) is 8.78 Å². The molecule has 0 heterocycles. The van der Waals surface area contributed by atoms with Crippen molar-refractivity contribution in [3.05, 3.63) is 35.4 Å². The van der Waals surface area contributed by atoms with Gasteiger partial charge >= 0.3 is 0 Å². The molecule has 84 valence electrons. The number of nitrogens with one attached hydrogen (secondary N) is 1. The van der Waals surface area contributed by atoms with Gasteiger partial charge in [-0.15, -0.1) is 0 Å². The largest absolute Gasteiger partial charge is 0.314 e. The van der Waals surface area contributed by atoms with Crippen LogP contribution in [0.2, 0.25) is 0 Å². The van der Waals surface area contributed by atoms with E-state index in [1.165, 1.54) is 12.1 Å². The van der Waals surface area contributed by atoms with Crippen LogP contribution in [0.15, 0.2) is 18.2 Å². The zero-order chi connectivity index (χ0) is 11.3. The molecule has 3 heteroatoms. The van der Waals surface area contributed by atoms with Gasteiger partial charge in [-0.05, 0) is 37.9 Å². The van der Waals surface area contributed by atoms with Gasteiger partial charge in [0.1, 0.15) is 11.6 Å². The first-order chi connectivity index (χ1) is 7.13. The molecular weight excluding hydrogens is 196 g/mol. The average Bonchev–Trinajstić information content (AvgIpc) is 2.19. The van der Waals surface area contributed by atoms with Crippen LogP contribution in [0.1, 0.15) is 25.8 Å². The van der Waals surface area contributed by atoms with Gasteiger partial charge in [0.25, 0.3) is 0 Å². The molecule has 1 atom stereocenters. The van der Waals surface area contributed by atoms with Crippen molar-refractivity contribution in [1.82, 2.24) is 5.32 Å². The fraction of sp³-hybridized carbons (Fsp3) is 0.500. The number of halogens is 2. The standard InChI is InChI=1S/C12H17F2N/c1-3-6-15-9(2)7-10-4-5-11(13)8-12(10)14/h4-5,8-9,15H,3,6-7H2,1-2H3. The fourth-order valence-electron chi connectivity index (χ4n) is 1.48. The molecule has 0 amide bonds. The van der Waals surface area contributed by atoms with E-state index in [-0.39, 0.29) is 6.04 Å². The van der Waals surface area contributed by atoms with E-state index in [2.05, 4.69) is 12.2 Å². The molecule has 0 aliphatic heterocycles. The van der Waals surface area contributed by atoms with Gasteiger partial charge in [-0.1, -0.05) is 13.0 Å². The Kier molecular flexibility index (Phi) is 4.69. The van der Waals surface area contributed by atoms with E-state index in [0.29, 0.717) is 12.0 Å². The van der Waals surface area contributed by atoms with Crippen LogP contribution in [0.25, 0.3) is 0 Å². The van der Waals surface area contributed by atoms with Gasteiger partial charge in [0.15, 0.2) is 0 Å². The van der Waals surface area contributed by atoms with Crippen molar-refractivity contribution >= 4 is 0 Å². The Morgan fingerprint density at radius 1 is 1.33 bits per heavy atom. The third-order valence-corrected chi connectivity index (χ3v) is 2.28. The Morgan fingerprint density at radius 3 is 2.67 bits per heavy atom. The number of hydrogen-bond acceptors (Lipinski definition) is 1. The zero-order valence-electron chi connectivity index (χ0n) is 9.19. The molecule has 0 radical (unpaired) electrons. The predicted molar refractivity (Wildman–Crippen MR) is 57.8 cm³/mol. The predicted octanol–water partition coefficient (Wildman–Crippen LogP) is 2.90. The fourth-order valence-corrected chi connectivity index (χ4v) is 1.48. The first-order valence-corrected chi connectivity index (χ1v) is 5.30. The van der Waals surface area contributed by atoms with Crippen molar-refractivity contribution < 1.29 is 8.78 Å². The molecule has 0 fully saturated rings. The second kappa shape index (κ2) is 5.81. The molecule has 0 bridgehead atoms. The molecule has 0 saturated heterocycles. The van der Waals surface area contributed by atoms with Crippen molar-refractivity contribution in [1.29, 1.82) is 0 Å². The Hall–Kier alpha value is -0.960. The molecule has 1 nitrogen and oxygen atoms in total. The zero-order valence-corrected chi connectivity index (χ0v) is 9.19. The molecule has 1 aromatic carbocycles. The van der Waals surface area contributed by atoms with Crippen molar-refractivity contribution in [2.45, 2.75) is 32.7 Å². The maximum absolute atomic E-state index is 13.3. The van der Waals surface area contributed by atoms with Crippen molar-refractivity contribution in [2.24, 2.45) is 0 Å². The molecule has 1 unspecified atom stereocenters. The Morgan fingerprint density at radius 2 is 2.07 bits per heavy atom. The second-order valence-corrected chi connectivity index (χ2v) is 3.80. The van der Waals surface area contributed by atoms with Crippen LogP contribution >= 0.6 is 0 Å². The number of benzene rings is 1. The van der Waals surface area contributed by atoms with Gasteiger partial charge in [-0.3, -0.25) is 0 Å². The van der Waals surface area contributed by atoms with Crippen LogP contribution in [-0.4, -0.2) is 12.6 Å². The second-order valence-electron chi connectivity index (χ2n) is 3.80. The van der Waals surface area contributed by atoms with Crippen LogP contribution in [0.3, 0.4) is 0 Å². The van der Waals surface area contributed by atoms with Gasteiger partial charge in [-0.25, -0.2) is 8.78 Å². The maximum Gasteiger partial charge on any atom is 0.129 e. The Balaban J connectivity index is 2.56. The SMILES string of the molecule is CCCNC(C)Cc1ccc(F)cc1F. The molecular formula is C12H17F2N. The summed E-state index contributed by atoms with van der Waals surface area (Å²) in [5.74, 6) is -0.981. The highest BCUT2D eigenvalue weighted by Crippen LogP contribution is 2.11. The van der Waals surface area contributed by atoms with Crippen molar-refractivity contribution in [3.8, 4) is 0 Å². The van der Waals surface area contributed by atoms with E-state index >= 15 is 0 Å². The minimum Gasteiger partial charge on any atom is -0.314 e. The highest BCUT2D eigenvalue weighted by Gasteiger charge is 2.07. The molecule has 0 aliphatic rings. The normalized spacial score (nSPS) is 12.8. The summed E-state index contributed by atoms with van der Waals surface area (Å²) in [6.45, 7) is 5.00. The number of rotatable bonds is 5. The lowest BCUT2D eigenvalue weighted by atomic mass is 10.1. The smallest absolute Gasteiger partial charge is 0.129 e. The molecule has 1 N–H and O–H groups in total. The molecule has 15 heavy (non-hydrogen) atoms. The van der Waals surface area contributed by atoms with Crippen LogP contribution in [0.5, 0.6) is 0 Å². The molecule has 0 aliphatic carbocycles. The van der Waals surface area contributed by atoms with Gasteiger partial charge in [-0.2, -0.15) is 0 Å². The van der Waals surface area contributed by atoms with Gasteiger partial charge in [0.05, 0.1) is 0 Å². The third-order valence-electron chi connectivity index (χ3n) is 2.28. The monoisotopic (exact) mass is 213 g/mol. The lowest BCUT2D eigenvalue weighted by molar-refractivity contribution is 0.519. The summed E-state index contributed by atoms with van der Waals surface area (Å²) < 4.78 is 25.9. The minimum absolute atomic E-state index is 0.213. The molecule has 0 saturated carbocycles. The van der Waals surface area contributed by atoms with Crippen LogP contribution in [0, 0.1) is 11.6 Å². The van der Waals surface area contributed by atoms with E-state index < -0.39 is 11.6 Å². The van der Waals surface area contributed by atoms with Crippen LogP contribution in [-0.2, 0) is 6.42 Å². The lowest BCUT2D eigenvalue weighted by Crippen LogP contribution is -2.28. The summed E-state index contributed by atoms with van der Waals surface area (Å²) in [4.78, 5) is 0. The summed E-state index contributed by atoms with van der Waals surface area (Å²) in [6, 6.07) is 3.95. The van der Waals surface area contributed by atoms with E-state index in [9.17, 15) is 8.78 Å². The molecule has 1 rings (SSSR count). The highest BCUT2D eigenvalue weighted by molar-refractivity contribution is 5.19. The van der Waals surface area contributed by atoms with Crippen molar-refractivity contribution in [2.75, 3.05) is 6.54 Å². The summed E-state index contributed by atoms with van der Waals surface area (Å²) >= 11 is 0. The van der Waals surface area contributed by atoms with Crippen LogP contribution < -0.4 is 5.32 Å². The molecule has 1 aromatic rings.